The van der Waals surface area contributed by atoms with Gasteiger partial charge in [-0.1, -0.05) is 17.7 Å². The maximum Gasteiger partial charge on any atom is 0.137 e. The predicted molar refractivity (Wildman–Crippen MR) is 56.6 cm³/mol. The first-order valence-corrected chi connectivity index (χ1v) is 5.11. The Labute approximate surface area is 96.4 Å². The summed E-state index contributed by atoms with van der Waals surface area (Å²) in [5.74, 6) is -0.612. The highest BCUT2D eigenvalue weighted by Gasteiger charge is 2.23. The SMILES string of the molecule is Cc1ccc(F)c(C(O)C(Cl)Cl)c1Cl. The number of hydrogen-bond donors (Lipinski definition) is 1. The van der Waals surface area contributed by atoms with Crippen LogP contribution in [0.5, 0.6) is 0 Å². The van der Waals surface area contributed by atoms with Crippen molar-refractivity contribution < 1.29 is 9.50 Å². The van der Waals surface area contributed by atoms with Crippen LogP contribution in [-0.4, -0.2) is 9.94 Å². The van der Waals surface area contributed by atoms with Crippen molar-refractivity contribution in [3.05, 3.63) is 34.1 Å². The molecule has 5 heteroatoms. The monoisotopic (exact) mass is 256 g/mol. The molecule has 0 amide bonds. The molecule has 1 aromatic rings. The summed E-state index contributed by atoms with van der Waals surface area (Å²) in [7, 11) is 0. The van der Waals surface area contributed by atoms with Crippen LogP contribution in [0.4, 0.5) is 4.39 Å². The Morgan fingerprint density at radius 2 is 1.93 bits per heavy atom. The zero-order valence-corrected chi connectivity index (χ0v) is 9.54. The molecule has 1 rings (SSSR count). The van der Waals surface area contributed by atoms with Crippen molar-refractivity contribution in [2.75, 3.05) is 0 Å². The number of aliphatic hydroxyl groups is 1. The van der Waals surface area contributed by atoms with Gasteiger partial charge in [0.05, 0.1) is 5.02 Å². The van der Waals surface area contributed by atoms with Crippen LogP contribution in [0.2, 0.25) is 5.02 Å². The molecule has 1 nitrogen and oxygen atoms in total. The fourth-order valence-electron chi connectivity index (χ4n) is 1.08. The molecular weight excluding hydrogens is 249 g/mol. The Balaban J connectivity index is 3.25. The summed E-state index contributed by atoms with van der Waals surface area (Å²) in [6.07, 6.45) is -1.31. The molecule has 14 heavy (non-hydrogen) atoms. The van der Waals surface area contributed by atoms with Gasteiger partial charge in [-0.05, 0) is 18.6 Å². The summed E-state index contributed by atoms with van der Waals surface area (Å²) in [5.41, 5.74) is 0.609. The summed E-state index contributed by atoms with van der Waals surface area (Å²) in [6.45, 7) is 1.70. The quantitative estimate of drug-likeness (QED) is 0.802. The van der Waals surface area contributed by atoms with E-state index in [4.69, 9.17) is 34.8 Å². The molecule has 1 atom stereocenters. The van der Waals surface area contributed by atoms with Crippen molar-refractivity contribution in [3.8, 4) is 0 Å². The molecule has 78 valence electrons. The molecule has 0 saturated carbocycles. The van der Waals surface area contributed by atoms with Gasteiger partial charge in [0.2, 0.25) is 0 Å². The van der Waals surface area contributed by atoms with Crippen LogP contribution in [-0.2, 0) is 0 Å². The summed E-state index contributed by atoms with van der Waals surface area (Å²) >= 11 is 16.7. The second-order valence-corrected chi connectivity index (χ2v) is 4.41. The standard InChI is InChI=1S/C9H8Cl3FO/c1-4-2-3-5(13)6(7(4)10)8(14)9(11)12/h2-3,8-9,14H,1H3. The average Bonchev–Trinajstić information content (AvgIpc) is 2.12. The number of rotatable bonds is 2. The van der Waals surface area contributed by atoms with Crippen molar-refractivity contribution in [2.45, 2.75) is 17.9 Å². The van der Waals surface area contributed by atoms with Crippen LogP contribution in [0, 0.1) is 12.7 Å². The summed E-state index contributed by atoms with van der Waals surface area (Å²) in [4.78, 5) is -1.11. The van der Waals surface area contributed by atoms with Crippen molar-refractivity contribution in [2.24, 2.45) is 0 Å². The summed E-state index contributed by atoms with van der Waals surface area (Å²) in [5, 5.41) is 9.65. The van der Waals surface area contributed by atoms with Crippen LogP contribution in [0.1, 0.15) is 17.2 Å². The van der Waals surface area contributed by atoms with Gasteiger partial charge >= 0.3 is 0 Å². The minimum absolute atomic E-state index is 0.0540. The van der Waals surface area contributed by atoms with Gasteiger partial charge in [0.15, 0.2) is 0 Å². The molecular formula is C9H8Cl3FO. The predicted octanol–water partition coefficient (Wildman–Crippen LogP) is 3.62. The lowest BCUT2D eigenvalue weighted by Gasteiger charge is -2.15. The first-order chi connectivity index (χ1) is 6.45. The van der Waals surface area contributed by atoms with Crippen molar-refractivity contribution in [1.82, 2.24) is 0 Å². The lowest BCUT2D eigenvalue weighted by atomic mass is 10.1. The van der Waals surface area contributed by atoms with E-state index in [1.165, 1.54) is 12.1 Å². The number of alkyl halides is 2. The third-order valence-corrected chi connectivity index (χ3v) is 2.83. The Hall–Kier alpha value is -0.0200. The number of hydrogen-bond acceptors (Lipinski definition) is 1. The molecule has 1 aromatic carbocycles. The number of aryl methyl sites for hydroxylation is 1. The molecule has 0 aliphatic rings. The minimum atomic E-state index is -1.31. The average molecular weight is 258 g/mol. The maximum atomic E-state index is 13.3. The third kappa shape index (κ3) is 2.31. The first-order valence-electron chi connectivity index (χ1n) is 3.86. The third-order valence-electron chi connectivity index (χ3n) is 1.85. The van der Waals surface area contributed by atoms with E-state index in [-0.39, 0.29) is 10.6 Å². The Morgan fingerprint density at radius 1 is 1.36 bits per heavy atom. The lowest BCUT2D eigenvalue weighted by molar-refractivity contribution is 0.188. The van der Waals surface area contributed by atoms with Crippen molar-refractivity contribution >= 4 is 34.8 Å². The van der Waals surface area contributed by atoms with Gasteiger partial charge in [0.1, 0.15) is 16.8 Å². The zero-order chi connectivity index (χ0) is 10.9. The highest BCUT2D eigenvalue weighted by Crippen LogP contribution is 2.33. The Kier molecular flexibility index (Phi) is 4.02. The van der Waals surface area contributed by atoms with Crippen molar-refractivity contribution in [3.63, 3.8) is 0 Å². The Bertz CT molecular complexity index is 341. The highest BCUT2D eigenvalue weighted by molar-refractivity contribution is 6.44. The van der Waals surface area contributed by atoms with E-state index >= 15 is 0 Å². The van der Waals surface area contributed by atoms with Gasteiger partial charge in [0.25, 0.3) is 0 Å². The molecule has 0 saturated heterocycles. The van der Waals surface area contributed by atoms with Gasteiger partial charge in [-0.3, -0.25) is 0 Å². The van der Waals surface area contributed by atoms with E-state index in [9.17, 15) is 9.50 Å². The molecule has 0 spiro atoms. The Morgan fingerprint density at radius 3 is 2.43 bits per heavy atom. The zero-order valence-electron chi connectivity index (χ0n) is 7.27. The van der Waals surface area contributed by atoms with E-state index < -0.39 is 16.8 Å². The molecule has 0 aliphatic heterocycles. The van der Waals surface area contributed by atoms with E-state index in [0.29, 0.717) is 5.56 Å². The number of halogens is 4. The smallest absolute Gasteiger partial charge is 0.137 e. The van der Waals surface area contributed by atoms with Gasteiger partial charge < -0.3 is 5.11 Å². The van der Waals surface area contributed by atoms with Crippen LogP contribution < -0.4 is 0 Å². The molecule has 0 radical (unpaired) electrons. The van der Waals surface area contributed by atoms with Gasteiger partial charge in [-0.15, -0.1) is 23.2 Å². The van der Waals surface area contributed by atoms with Gasteiger partial charge in [0, 0.05) is 5.56 Å². The van der Waals surface area contributed by atoms with Gasteiger partial charge in [-0.2, -0.15) is 0 Å². The lowest BCUT2D eigenvalue weighted by Crippen LogP contribution is -2.09. The van der Waals surface area contributed by atoms with Crippen LogP contribution >= 0.6 is 34.8 Å². The minimum Gasteiger partial charge on any atom is -0.385 e. The highest BCUT2D eigenvalue weighted by atomic mass is 35.5. The second-order valence-electron chi connectivity index (χ2n) is 2.87. The normalized spacial score (nSPS) is 13.4. The molecule has 0 aromatic heterocycles. The fourth-order valence-corrected chi connectivity index (χ4v) is 1.59. The molecule has 1 unspecified atom stereocenters. The fraction of sp³-hybridized carbons (Fsp3) is 0.333. The molecule has 0 aliphatic carbocycles. The number of aliphatic hydroxyl groups excluding tert-OH is 1. The van der Waals surface area contributed by atoms with Crippen LogP contribution in [0.25, 0.3) is 0 Å². The van der Waals surface area contributed by atoms with E-state index in [1.54, 1.807) is 6.92 Å². The van der Waals surface area contributed by atoms with E-state index in [1.807, 2.05) is 0 Å². The topological polar surface area (TPSA) is 20.2 Å². The van der Waals surface area contributed by atoms with Gasteiger partial charge in [-0.25, -0.2) is 4.39 Å². The first kappa shape index (κ1) is 12.1. The largest absolute Gasteiger partial charge is 0.385 e. The van der Waals surface area contributed by atoms with Crippen LogP contribution in [0.3, 0.4) is 0 Å². The summed E-state index contributed by atoms with van der Waals surface area (Å²) in [6, 6.07) is 2.74. The number of benzene rings is 1. The van der Waals surface area contributed by atoms with Crippen molar-refractivity contribution in [1.29, 1.82) is 0 Å². The van der Waals surface area contributed by atoms with E-state index in [2.05, 4.69) is 0 Å². The molecule has 1 N–H and O–H groups in total. The molecule has 0 fully saturated rings. The second kappa shape index (κ2) is 4.67. The van der Waals surface area contributed by atoms with E-state index in [0.717, 1.165) is 0 Å². The summed E-state index contributed by atoms with van der Waals surface area (Å²) < 4.78 is 13.3. The molecule has 0 bridgehead atoms. The molecule has 0 heterocycles. The van der Waals surface area contributed by atoms with Crippen LogP contribution in [0.15, 0.2) is 12.1 Å². The maximum absolute atomic E-state index is 13.3.